The molecule has 0 aliphatic heterocycles. The van der Waals surface area contributed by atoms with Gasteiger partial charge in [-0.1, -0.05) is 52.9 Å². The summed E-state index contributed by atoms with van der Waals surface area (Å²) in [5.74, 6) is -0.346. The molecule has 1 amide bonds. The monoisotopic (exact) mass is 419 g/mol. The van der Waals surface area contributed by atoms with Crippen LogP contribution in [0.25, 0.3) is 0 Å². The van der Waals surface area contributed by atoms with Crippen molar-refractivity contribution in [2.75, 3.05) is 4.43 Å². The van der Waals surface area contributed by atoms with Gasteiger partial charge in [-0.05, 0) is 26.3 Å². The summed E-state index contributed by atoms with van der Waals surface area (Å²) in [6.45, 7) is 5.61. The molecule has 0 spiro atoms. The highest BCUT2D eigenvalue weighted by molar-refractivity contribution is 14.1. The quantitative estimate of drug-likeness (QED) is 0.436. The van der Waals surface area contributed by atoms with Crippen LogP contribution in [0, 0.1) is 0 Å². The molecule has 22 heavy (non-hydrogen) atoms. The van der Waals surface area contributed by atoms with Gasteiger partial charge in [0.15, 0.2) is 0 Å². The third-order valence-electron chi connectivity index (χ3n) is 2.56. The van der Waals surface area contributed by atoms with Gasteiger partial charge in [-0.25, -0.2) is 4.79 Å². The normalized spacial score (nSPS) is 12.4. The van der Waals surface area contributed by atoms with Gasteiger partial charge >= 0.3 is 12.1 Å². The fourth-order valence-electron chi connectivity index (χ4n) is 1.62. The van der Waals surface area contributed by atoms with Gasteiger partial charge in [0.1, 0.15) is 12.2 Å². The minimum absolute atomic E-state index is 0.120. The summed E-state index contributed by atoms with van der Waals surface area (Å²) in [6.07, 6.45) is -0.403. The number of hydrogen-bond donors (Lipinski definition) is 1. The lowest BCUT2D eigenvalue weighted by Gasteiger charge is -2.22. The van der Waals surface area contributed by atoms with E-state index in [4.69, 9.17) is 9.47 Å². The predicted molar refractivity (Wildman–Crippen MR) is 92.9 cm³/mol. The fourth-order valence-corrected chi connectivity index (χ4v) is 2.15. The Morgan fingerprint density at radius 2 is 1.86 bits per heavy atom. The minimum atomic E-state index is -0.562. The van der Waals surface area contributed by atoms with Gasteiger partial charge < -0.3 is 14.8 Å². The van der Waals surface area contributed by atoms with Crippen LogP contribution in [-0.2, 0) is 20.9 Å². The number of alkyl carbamates (subject to hydrolysis) is 1. The molecule has 0 fully saturated rings. The van der Waals surface area contributed by atoms with Crippen molar-refractivity contribution in [1.82, 2.24) is 5.32 Å². The Kier molecular flexibility index (Phi) is 7.64. The van der Waals surface area contributed by atoms with Crippen LogP contribution in [-0.4, -0.2) is 28.1 Å². The molecule has 0 radical (unpaired) electrons. The molecule has 1 rings (SSSR count). The second-order valence-corrected chi connectivity index (χ2v) is 6.73. The molecule has 1 atom stereocenters. The molecule has 0 aliphatic rings. The zero-order valence-electron chi connectivity index (χ0n) is 13.1. The Balaban J connectivity index is 2.38. The lowest BCUT2D eigenvalue weighted by molar-refractivity contribution is -0.145. The smallest absolute Gasteiger partial charge is 0.407 e. The molecule has 0 heterocycles. The number of ether oxygens (including phenoxy) is 2. The fraction of sp³-hybridized carbons (Fsp3) is 0.500. The highest BCUT2D eigenvalue weighted by Gasteiger charge is 2.21. The zero-order valence-corrected chi connectivity index (χ0v) is 15.3. The molecule has 0 aromatic heterocycles. The number of benzene rings is 1. The maximum atomic E-state index is 11.8. The first-order valence-corrected chi connectivity index (χ1v) is 8.58. The average Bonchev–Trinajstić information content (AvgIpc) is 2.43. The largest absolute Gasteiger partial charge is 0.461 e. The third-order valence-corrected chi connectivity index (χ3v) is 3.63. The number of carbonyl (C=O) groups is 2. The van der Waals surface area contributed by atoms with E-state index in [0.717, 1.165) is 5.56 Å². The van der Waals surface area contributed by atoms with Crippen molar-refractivity contribution in [1.29, 1.82) is 0 Å². The van der Waals surface area contributed by atoms with Crippen LogP contribution in [0.4, 0.5) is 4.79 Å². The van der Waals surface area contributed by atoms with E-state index in [9.17, 15) is 9.59 Å². The predicted octanol–water partition coefficient (Wildman–Crippen LogP) is 3.45. The SMILES string of the molecule is CC(C)(C)OC(=O)NC(CI)CC(=O)OCc1ccccc1. The molecule has 0 saturated carbocycles. The number of nitrogens with one attached hydrogen (secondary N) is 1. The van der Waals surface area contributed by atoms with Gasteiger partial charge in [-0.2, -0.15) is 0 Å². The summed E-state index contributed by atoms with van der Waals surface area (Å²) >= 11 is 2.12. The van der Waals surface area contributed by atoms with Gasteiger partial charge in [-0.15, -0.1) is 0 Å². The Morgan fingerprint density at radius 1 is 1.23 bits per heavy atom. The number of hydrogen-bond acceptors (Lipinski definition) is 4. The molecule has 0 saturated heterocycles. The molecule has 0 aliphatic carbocycles. The minimum Gasteiger partial charge on any atom is -0.461 e. The molecule has 5 nitrogen and oxygen atoms in total. The molecule has 1 unspecified atom stereocenters. The van der Waals surface area contributed by atoms with Crippen LogP contribution in [0.15, 0.2) is 30.3 Å². The van der Waals surface area contributed by atoms with E-state index in [1.807, 2.05) is 30.3 Å². The first kappa shape index (κ1) is 18.7. The second kappa shape index (κ2) is 8.97. The van der Waals surface area contributed by atoms with Crippen LogP contribution < -0.4 is 5.32 Å². The number of rotatable bonds is 6. The first-order chi connectivity index (χ1) is 10.3. The molecule has 122 valence electrons. The summed E-state index contributed by atoms with van der Waals surface area (Å²) in [4.78, 5) is 23.5. The van der Waals surface area contributed by atoms with Crippen LogP contribution in [0.3, 0.4) is 0 Å². The summed E-state index contributed by atoms with van der Waals surface area (Å²) in [6, 6.07) is 9.16. The van der Waals surface area contributed by atoms with Gasteiger partial charge in [0.05, 0.1) is 12.5 Å². The molecular weight excluding hydrogens is 397 g/mol. The van der Waals surface area contributed by atoms with Crippen LogP contribution >= 0.6 is 22.6 Å². The Labute approximate surface area is 144 Å². The topological polar surface area (TPSA) is 64.6 Å². The summed E-state index contributed by atoms with van der Waals surface area (Å²) in [5, 5.41) is 2.68. The van der Waals surface area contributed by atoms with E-state index in [2.05, 4.69) is 27.9 Å². The van der Waals surface area contributed by atoms with Crippen molar-refractivity contribution in [3.8, 4) is 0 Å². The van der Waals surface area contributed by atoms with Crippen LogP contribution in [0.5, 0.6) is 0 Å². The maximum absolute atomic E-state index is 11.8. The van der Waals surface area contributed by atoms with E-state index < -0.39 is 11.7 Å². The third kappa shape index (κ3) is 8.21. The molecule has 1 aromatic rings. The van der Waals surface area contributed by atoms with Gasteiger partial charge in [0.25, 0.3) is 0 Å². The van der Waals surface area contributed by atoms with Gasteiger partial charge in [-0.3, -0.25) is 4.79 Å². The van der Waals surface area contributed by atoms with Crippen molar-refractivity contribution in [3.63, 3.8) is 0 Å². The van der Waals surface area contributed by atoms with Crippen molar-refractivity contribution < 1.29 is 19.1 Å². The summed E-state index contributed by atoms with van der Waals surface area (Å²) in [5.41, 5.74) is 0.371. The lowest BCUT2D eigenvalue weighted by Crippen LogP contribution is -2.41. The highest BCUT2D eigenvalue weighted by atomic mass is 127. The van der Waals surface area contributed by atoms with E-state index in [0.29, 0.717) is 4.43 Å². The number of esters is 1. The second-order valence-electron chi connectivity index (χ2n) is 5.85. The van der Waals surface area contributed by atoms with E-state index >= 15 is 0 Å². The van der Waals surface area contributed by atoms with E-state index in [1.165, 1.54) is 0 Å². The number of carbonyl (C=O) groups excluding carboxylic acids is 2. The number of alkyl halides is 1. The van der Waals surface area contributed by atoms with Crippen LogP contribution in [0.2, 0.25) is 0 Å². The van der Waals surface area contributed by atoms with Crippen molar-refractivity contribution in [3.05, 3.63) is 35.9 Å². The molecule has 1 N–H and O–H groups in total. The number of amides is 1. The van der Waals surface area contributed by atoms with Crippen LogP contribution in [0.1, 0.15) is 32.8 Å². The van der Waals surface area contributed by atoms with Gasteiger partial charge in [0, 0.05) is 4.43 Å². The molecule has 6 heteroatoms. The Hall–Kier alpha value is -1.31. The van der Waals surface area contributed by atoms with E-state index in [-0.39, 0.29) is 25.0 Å². The molecule has 0 bridgehead atoms. The van der Waals surface area contributed by atoms with E-state index in [1.54, 1.807) is 20.8 Å². The highest BCUT2D eigenvalue weighted by Crippen LogP contribution is 2.09. The Morgan fingerprint density at radius 3 is 2.41 bits per heavy atom. The first-order valence-electron chi connectivity index (χ1n) is 7.05. The number of halogens is 1. The van der Waals surface area contributed by atoms with Crippen molar-refractivity contribution in [2.45, 2.75) is 45.4 Å². The molecule has 1 aromatic carbocycles. The summed E-state index contributed by atoms with van der Waals surface area (Å²) < 4.78 is 11.0. The Bertz CT molecular complexity index is 485. The van der Waals surface area contributed by atoms with Crippen molar-refractivity contribution in [2.24, 2.45) is 0 Å². The van der Waals surface area contributed by atoms with Gasteiger partial charge in [0.2, 0.25) is 0 Å². The average molecular weight is 419 g/mol. The zero-order chi connectivity index (χ0) is 16.6. The maximum Gasteiger partial charge on any atom is 0.407 e. The lowest BCUT2D eigenvalue weighted by atomic mass is 10.2. The van der Waals surface area contributed by atoms with Crippen molar-refractivity contribution >= 4 is 34.7 Å². The molecular formula is C16H22INO4. The standard InChI is InChI=1S/C16H22INO4/c1-16(2,3)22-15(20)18-13(10-17)9-14(19)21-11-12-7-5-4-6-8-12/h4-8,13H,9-11H2,1-3H3,(H,18,20). The summed E-state index contributed by atoms with van der Waals surface area (Å²) in [7, 11) is 0.